The van der Waals surface area contributed by atoms with Gasteiger partial charge >= 0.3 is 0 Å². The Balaban J connectivity index is 1.52. The minimum absolute atomic E-state index is 0.716. The van der Waals surface area contributed by atoms with Gasteiger partial charge in [0.2, 0.25) is 0 Å². The summed E-state index contributed by atoms with van der Waals surface area (Å²) in [5, 5.41) is 9.48. The highest BCUT2D eigenvalue weighted by atomic mass is 15.2. The number of fused-ring (bicyclic) bond motifs is 2. The Morgan fingerprint density at radius 2 is 1.77 bits per heavy atom. The molecule has 0 radical (unpaired) electrons. The van der Waals surface area contributed by atoms with Crippen LogP contribution in [0.4, 0.5) is 0 Å². The molecule has 0 bridgehead atoms. The third-order valence-electron chi connectivity index (χ3n) is 5.08. The van der Waals surface area contributed by atoms with Crippen molar-refractivity contribution in [2.45, 2.75) is 6.92 Å². The van der Waals surface area contributed by atoms with E-state index in [4.69, 9.17) is 0 Å². The van der Waals surface area contributed by atoms with Gasteiger partial charge < -0.3 is 9.55 Å². The first-order chi connectivity index (χ1) is 14.8. The zero-order valence-corrected chi connectivity index (χ0v) is 15.9. The molecule has 6 heterocycles. The van der Waals surface area contributed by atoms with Crippen LogP contribution in [0.3, 0.4) is 0 Å². The highest BCUT2D eigenvalue weighted by molar-refractivity contribution is 5.97. The van der Waals surface area contributed by atoms with Gasteiger partial charge in [0.25, 0.3) is 0 Å². The van der Waals surface area contributed by atoms with Gasteiger partial charge in [0.1, 0.15) is 12.0 Å². The molecule has 6 aromatic rings. The summed E-state index contributed by atoms with van der Waals surface area (Å²) in [5.41, 5.74) is 7.04. The molecule has 6 rings (SSSR count). The van der Waals surface area contributed by atoms with Gasteiger partial charge in [-0.1, -0.05) is 0 Å². The molecule has 2 N–H and O–H groups in total. The Morgan fingerprint density at radius 3 is 2.60 bits per heavy atom. The maximum Gasteiger partial charge on any atom is 0.155 e. The summed E-state index contributed by atoms with van der Waals surface area (Å²) in [4.78, 5) is 24.8. The first-order valence-electron chi connectivity index (χ1n) is 9.34. The molecule has 0 spiro atoms. The third kappa shape index (κ3) is 2.56. The molecule has 0 aliphatic heterocycles. The van der Waals surface area contributed by atoms with E-state index in [1.54, 1.807) is 24.9 Å². The summed E-state index contributed by atoms with van der Waals surface area (Å²) in [6, 6.07) is 4.12. The standard InChI is InChI=1S/C21H15N9/c1-12-9-30(11-26-12)19-8-22-7-18-15(19)3-17(27-18)20-16-2-13(6-25-21(16)29-28-20)14-4-23-10-24-5-14/h2-11,27H,1H3,(H,25,28,29). The molecule has 0 saturated heterocycles. The van der Waals surface area contributed by atoms with E-state index >= 15 is 0 Å². The summed E-state index contributed by atoms with van der Waals surface area (Å²) < 4.78 is 1.97. The predicted octanol–water partition coefficient (Wildman–Crippen LogP) is 3.45. The summed E-state index contributed by atoms with van der Waals surface area (Å²) in [6.45, 7) is 1.96. The zero-order chi connectivity index (χ0) is 20.1. The second-order valence-corrected chi connectivity index (χ2v) is 7.04. The molecule has 0 atom stereocenters. The van der Waals surface area contributed by atoms with Gasteiger partial charge in [0, 0.05) is 46.7 Å². The number of aryl methyl sites for hydroxylation is 1. The fourth-order valence-corrected chi connectivity index (χ4v) is 3.64. The van der Waals surface area contributed by atoms with Crippen molar-refractivity contribution < 1.29 is 0 Å². The average molecular weight is 393 g/mol. The Hall–Kier alpha value is -4.40. The fourth-order valence-electron chi connectivity index (χ4n) is 3.64. The van der Waals surface area contributed by atoms with Gasteiger partial charge in [-0.05, 0) is 19.1 Å². The third-order valence-corrected chi connectivity index (χ3v) is 5.08. The van der Waals surface area contributed by atoms with Crippen LogP contribution in [0.1, 0.15) is 5.69 Å². The van der Waals surface area contributed by atoms with Crippen molar-refractivity contribution in [3.05, 3.63) is 67.7 Å². The molecule has 6 aromatic heterocycles. The molecule has 9 nitrogen and oxygen atoms in total. The van der Waals surface area contributed by atoms with Gasteiger partial charge in [-0.2, -0.15) is 5.10 Å². The first kappa shape index (κ1) is 16.5. The number of H-pyrrole nitrogens is 2. The van der Waals surface area contributed by atoms with E-state index in [0.29, 0.717) is 5.65 Å². The van der Waals surface area contributed by atoms with E-state index in [-0.39, 0.29) is 0 Å². The maximum atomic E-state index is 4.51. The summed E-state index contributed by atoms with van der Waals surface area (Å²) in [7, 11) is 0. The number of hydrogen-bond acceptors (Lipinski definition) is 6. The van der Waals surface area contributed by atoms with Gasteiger partial charge in [-0.25, -0.2) is 19.9 Å². The summed E-state index contributed by atoms with van der Waals surface area (Å²) in [6.07, 6.45) is 14.2. The van der Waals surface area contributed by atoms with Gasteiger partial charge in [-0.3, -0.25) is 10.1 Å². The van der Waals surface area contributed by atoms with Gasteiger partial charge in [0.15, 0.2) is 5.65 Å². The molecule has 0 aliphatic carbocycles. The lowest BCUT2D eigenvalue weighted by Crippen LogP contribution is -1.91. The van der Waals surface area contributed by atoms with Crippen LogP contribution in [0.5, 0.6) is 0 Å². The van der Waals surface area contributed by atoms with Crippen molar-refractivity contribution in [2.24, 2.45) is 0 Å². The lowest BCUT2D eigenvalue weighted by atomic mass is 10.1. The van der Waals surface area contributed by atoms with E-state index in [0.717, 1.165) is 50.2 Å². The quantitative estimate of drug-likeness (QED) is 0.476. The molecule has 144 valence electrons. The van der Waals surface area contributed by atoms with Crippen LogP contribution in [0.15, 0.2) is 62.0 Å². The molecule has 30 heavy (non-hydrogen) atoms. The largest absolute Gasteiger partial charge is 0.352 e. The van der Waals surface area contributed by atoms with E-state index in [2.05, 4.69) is 46.2 Å². The molecule has 0 amide bonds. The fraction of sp³-hybridized carbons (Fsp3) is 0.0476. The zero-order valence-electron chi connectivity index (χ0n) is 15.9. The minimum atomic E-state index is 0.716. The summed E-state index contributed by atoms with van der Waals surface area (Å²) >= 11 is 0. The number of aromatic nitrogens is 9. The molecular formula is C21H15N9. The van der Waals surface area contributed by atoms with Crippen LogP contribution < -0.4 is 0 Å². The number of pyridine rings is 2. The molecule has 9 heteroatoms. The van der Waals surface area contributed by atoms with Crippen LogP contribution in [0, 0.1) is 6.92 Å². The van der Waals surface area contributed by atoms with E-state index in [1.165, 1.54) is 6.33 Å². The number of nitrogens with one attached hydrogen (secondary N) is 2. The molecule has 0 fully saturated rings. The molecular weight excluding hydrogens is 378 g/mol. The topological polar surface area (TPSA) is 114 Å². The van der Waals surface area contributed by atoms with Gasteiger partial charge in [-0.15, -0.1) is 0 Å². The smallest absolute Gasteiger partial charge is 0.155 e. The second-order valence-electron chi connectivity index (χ2n) is 7.04. The number of rotatable bonds is 3. The van der Waals surface area contributed by atoms with Crippen LogP contribution in [0.2, 0.25) is 0 Å². The van der Waals surface area contributed by atoms with Crippen LogP contribution >= 0.6 is 0 Å². The first-order valence-corrected chi connectivity index (χ1v) is 9.34. The van der Waals surface area contributed by atoms with Crippen molar-refractivity contribution in [2.75, 3.05) is 0 Å². The lowest BCUT2D eigenvalue weighted by Gasteiger charge is -2.02. The highest BCUT2D eigenvalue weighted by Gasteiger charge is 2.15. The van der Waals surface area contributed by atoms with Crippen molar-refractivity contribution >= 4 is 21.9 Å². The molecule has 0 aromatic carbocycles. The normalized spacial score (nSPS) is 11.5. The van der Waals surface area contributed by atoms with Crippen LogP contribution in [0.25, 0.3) is 50.1 Å². The van der Waals surface area contributed by atoms with E-state index in [1.807, 2.05) is 36.1 Å². The Labute approximate surface area is 169 Å². The Bertz CT molecular complexity index is 1510. The average Bonchev–Trinajstić information content (AvgIpc) is 3.51. The number of aromatic amines is 2. The second kappa shape index (κ2) is 6.31. The van der Waals surface area contributed by atoms with E-state index in [9.17, 15) is 0 Å². The molecule has 0 aliphatic rings. The van der Waals surface area contributed by atoms with Crippen LogP contribution in [-0.2, 0) is 0 Å². The summed E-state index contributed by atoms with van der Waals surface area (Å²) in [5.74, 6) is 0. The van der Waals surface area contributed by atoms with E-state index < -0.39 is 0 Å². The van der Waals surface area contributed by atoms with Crippen molar-refractivity contribution in [1.29, 1.82) is 0 Å². The minimum Gasteiger partial charge on any atom is -0.352 e. The number of imidazole rings is 1. The monoisotopic (exact) mass is 393 g/mol. The Morgan fingerprint density at radius 1 is 0.867 bits per heavy atom. The Kier molecular flexibility index (Phi) is 3.48. The van der Waals surface area contributed by atoms with Crippen molar-refractivity contribution in [3.8, 4) is 28.2 Å². The highest BCUT2D eigenvalue weighted by Crippen LogP contribution is 2.32. The number of nitrogens with zero attached hydrogens (tertiary/aromatic N) is 7. The lowest BCUT2D eigenvalue weighted by molar-refractivity contribution is 1.05. The number of hydrogen-bond donors (Lipinski definition) is 2. The molecule has 0 saturated carbocycles. The van der Waals surface area contributed by atoms with Gasteiger partial charge in [0.05, 0.1) is 41.3 Å². The molecule has 0 unspecified atom stereocenters. The van der Waals surface area contributed by atoms with Crippen molar-refractivity contribution in [1.82, 2.24) is 44.7 Å². The SMILES string of the molecule is Cc1cn(-c2cncc3[nH]c(-c4n[nH]c5ncc(-c6cncnc6)cc45)cc23)cn1. The van der Waals surface area contributed by atoms with Crippen molar-refractivity contribution in [3.63, 3.8) is 0 Å². The predicted molar refractivity (Wildman–Crippen MR) is 112 cm³/mol. The van der Waals surface area contributed by atoms with Crippen LogP contribution in [-0.4, -0.2) is 44.7 Å². The maximum absolute atomic E-state index is 4.51.